The molecule has 1 atom stereocenters. The zero-order valence-electron chi connectivity index (χ0n) is 8.73. The van der Waals surface area contributed by atoms with Crippen molar-refractivity contribution in [2.75, 3.05) is 6.54 Å². The van der Waals surface area contributed by atoms with Gasteiger partial charge in [0.1, 0.15) is 5.75 Å². The van der Waals surface area contributed by atoms with Gasteiger partial charge in [-0.1, -0.05) is 12.1 Å². The Hall–Kier alpha value is -1.55. The minimum atomic E-state index is -0.533. The van der Waals surface area contributed by atoms with Crippen LogP contribution in [-0.4, -0.2) is 23.6 Å². The number of benzene rings is 1. The Kier molecular flexibility index (Phi) is 4.12. The lowest BCUT2D eigenvalue weighted by Crippen LogP contribution is -2.41. The van der Waals surface area contributed by atoms with Crippen molar-refractivity contribution in [3.63, 3.8) is 0 Å². The SMILES string of the molecule is CCNC(=O)[C@H](N)Cc1ccc(O)cc1. The van der Waals surface area contributed by atoms with Gasteiger partial charge < -0.3 is 16.2 Å². The molecule has 0 radical (unpaired) electrons. The van der Waals surface area contributed by atoms with Crippen molar-refractivity contribution in [2.45, 2.75) is 19.4 Å². The van der Waals surface area contributed by atoms with E-state index >= 15 is 0 Å². The van der Waals surface area contributed by atoms with Crippen LogP contribution in [0.15, 0.2) is 24.3 Å². The largest absolute Gasteiger partial charge is 0.508 e. The van der Waals surface area contributed by atoms with Crippen molar-refractivity contribution in [1.29, 1.82) is 0 Å². The number of nitrogens with two attached hydrogens (primary N) is 1. The van der Waals surface area contributed by atoms with Crippen LogP contribution in [0.2, 0.25) is 0 Å². The maximum absolute atomic E-state index is 11.3. The zero-order valence-corrected chi connectivity index (χ0v) is 8.73. The number of likely N-dealkylation sites (N-methyl/N-ethyl adjacent to an activating group) is 1. The maximum Gasteiger partial charge on any atom is 0.237 e. The third kappa shape index (κ3) is 3.59. The number of amides is 1. The van der Waals surface area contributed by atoms with E-state index in [1.165, 1.54) is 0 Å². The number of rotatable bonds is 4. The average molecular weight is 208 g/mol. The van der Waals surface area contributed by atoms with Crippen LogP contribution in [0.1, 0.15) is 12.5 Å². The zero-order chi connectivity index (χ0) is 11.3. The van der Waals surface area contributed by atoms with Crippen LogP contribution in [0.4, 0.5) is 0 Å². The first-order valence-corrected chi connectivity index (χ1v) is 4.94. The van der Waals surface area contributed by atoms with Crippen molar-refractivity contribution >= 4 is 5.91 Å². The van der Waals surface area contributed by atoms with Gasteiger partial charge in [-0.15, -0.1) is 0 Å². The Morgan fingerprint density at radius 2 is 2.07 bits per heavy atom. The first-order valence-electron chi connectivity index (χ1n) is 4.94. The molecule has 0 saturated heterocycles. The van der Waals surface area contributed by atoms with Gasteiger partial charge in [0.25, 0.3) is 0 Å². The molecule has 4 N–H and O–H groups in total. The lowest BCUT2D eigenvalue weighted by atomic mass is 10.1. The van der Waals surface area contributed by atoms with Crippen LogP contribution in [-0.2, 0) is 11.2 Å². The fourth-order valence-corrected chi connectivity index (χ4v) is 1.28. The van der Waals surface area contributed by atoms with E-state index in [0.717, 1.165) is 5.56 Å². The third-order valence-electron chi connectivity index (χ3n) is 2.08. The summed E-state index contributed by atoms with van der Waals surface area (Å²) < 4.78 is 0. The highest BCUT2D eigenvalue weighted by Crippen LogP contribution is 2.10. The number of carbonyl (C=O) groups excluding carboxylic acids is 1. The van der Waals surface area contributed by atoms with Gasteiger partial charge in [0.05, 0.1) is 6.04 Å². The van der Waals surface area contributed by atoms with E-state index in [1.807, 2.05) is 6.92 Å². The molecule has 82 valence electrons. The van der Waals surface area contributed by atoms with Gasteiger partial charge in [-0.2, -0.15) is 0 Å². The van der Waals surface area contributed by atoms with Gasteiger partial charge >= 0.3 is 0 Å². The number of carbonyl (C=O) groups is 1. The van der Waals surface area contributed by atoms with Crippen LogP contribution in [0.5, 0.6) is 5.75 Å². The third-order valence-corrected chi connectivity index (χ3v) is 2.08. The van der Waals surface area contributed by atoms with E-state index in [4.69, 9.17) is 10.8 Å². The van der Waals surface area contributed by atoms with Crippen LogP contribution in [0, 0.1) is 0 Å². The summed E-state index contributed by atoms with van der Waals surface area (Å²) in [5, 5.41) is 11.7. The summed E-state index contributed by atoms with van der Waals surface area (Å²) in [6, 6.07) is 6.15. The molecule has 0 aliphatic heterocycles. The molecule has 4 nitrogen and oxygen atoms in total. The molecule has 0 heterocycles. The summed E-state index contributed by atoms with van der Waals surface area (Å²) in [5.74, 6) is 0.0657. The molecule has 0 aromatic heterocycles. The number of phenolic OH excluding ortho intramolecular Hbond substituents is 1. The molecule has 4 heteroatoms. The second kappa shape index (κ2) is 5.36. The molecule has 15 heavy (non-hydrogen) atoms. The van der Waals surface area contributed by atoms with E-state index < -0.39 is 6.04 Å². The van der Waals surface area contributed by atoms with Crippen LogP contribution in [0.3, 0.4) is 0 Å². The number of aromatic hydroxyl groups is 1. The first kappa shape index (κ1) is 11.5. The second-order valence-electron chi connectivity index (χ2n) is 3.37. The predicted molar refractivity (Wildman–Crippen MR) is 58.5 cm³/mol. The van der Waals surface area contributed by atoms with E-state index in [2.05, 4.69) is 5.32 Å². The fourth-order valence-electron chi connectivity index (χ4n) is 1.28. The highest BCUT2D eigenvalue weighted by atomic mass is 16.3. The van der Waals surface area contributed by atoms with Gasteiger partial charge in [-0.3, -0.25) is 4.79 Å². The first-order chi connectivity index (χ1) is 7.13. The normalized spacial score (nSPS) is 12.1. The highest BCUT2D eigenvalue weighted by molar-refractivity contribution is 5.81. The van der Waals surface area contributed by atoms with E-state index in [0.29, 0.717) is 13.0 Å². The van der Waals surface area contributed by atoms with Crippen molar-refractivity contribution in [3.05, 3.63) is 29.8 Å². The molecule has 1 aromatic rings. The van der Waals surface area contributed by atoms with Gasteiger partial charge in [0.15, 0.2) is 0 Å². The number of nitrogens with one attached hydrogen (secondary N) is 1. The summed E-state index contributed by atoms with van der Waals surface area (Å²) in [5.41, 5.74) is 6.64. The van der Waals surface area contributed by atoms with E-state index in [1.54, 1.807) is 24.3 Å². The molecule has 0 bridgehead atoms. The standard InChI is InChI=1S/C11H16N2O2/c1-2-13-11(15)10(12)7-8-3-5-9(14)6-4-8/h3-6,10,14H,2,7,12H2,1H3,(H,13,15)/t10-/m1/s1. The van der Waals surface area contributed by atoms with Crippen molar-refractivity contribution in [1.82, 2.24) is 5.32 Å². The second-order valence-corrected chi connectivity index (χ2v) is 3.37. The number of phenols is 1. The molecule has 1 rings (SSSR count). The molecular formula is C11H16N2O2. The Balaban J connectivity index is 2.54. The average Bonchev–Trinajstić information content (AvgIpc) is 2.22. The molecule has 0 fully saturated rings. The maximum atomic E-state index is 11.3. The molecule has 0 spiro atoms. The fraction of sp³-hybridized carbons (Fsp3) is 0.364. The summed E-state index contributed by atoms with van der Waals surface area (Å²) >= 11 is 0. The molecule has 0 aliphatic rings. The van der Waals surface area contributed by atoms with Crippen molar-refractivity contribution < 1.29 is 9.90 Å². The van der Waals surface area contributed by atoms with Gasteiger partial charge in [-0.05, 0) is 31.0 Å². The minimum Gasteiger partial charge on any atom is -0.508 e. The van der Waals surface area contributed by atoms with Gasteiger partial charge in [0, 0.05) is 6.54 Å². The van der Waals surface area contributed by atoms with Crippen LogP contribution in [0.25, 0.3) is 0 Å². The smallest absolute Gasteiger partial charge is 0.237 e. The van der Waals surface area contributed by atoms with Gasteiger partial charge in [-0.25, -0.2) is 0 Å². The van der Waals surface area contributed by atoms with Gasteiger partial charge in [0.2, 0.25) is 5.91 Å². The Morgan fingerprint density at radius 3 is 2.60 bits per heavy atom. The van der Waals surface area contributed by atoms with Crippen LogP contribution >= 0.6 is 0 Å². The molecule has 1 amide bonds. The predicted octanol–water partition coefficient (Wildman–Crippen LogP) is 0.398. The molecule has 1 aromatic carbocycles. The van der Waals surface area contributed by atoms with Crippen molar-refractivity contribution in [2.24, 2.45) is 5.73 Å². The Morgan fingerprint density at radius 1 is 1.47 bits per heavy atom. The molecule has 0 aliphatic carbocycles. The highest BCUT2D eigenvalue weighted by Gasteiger charge is 2.12. The quantitative estimate of drug-likeness (QED) is 0.670. The number of hydrogen-bond donors (Lipinski definition) is 3. The summed E-state index contributed by atoms with van der Waals surface area (Å²) in [6.45, 7) is 2.44. The molecular weight excluding hydrogens is 192 g/mol. The Labute approximate surface area is 89.1 Å². The molecule has 0 saturated carbocycles. The summed E-state index contributed by atoms with van der Waals surface area (Å²) in [6.07, 6.45) is 0.478. The summed E-state index contributed by atoms with van der Waals surface area (Å²) in [4.78, 5) is 11.3. The lowest BCUT2D eigenvalue weighted by molar-refractivity contribution is -0.122. The molecule has 0 unspecified atom stereocenters. The van der Waals surface area contributed by atoms with Crippen LogP contribution < -0.4 is 11.1 Å². The van der Waals surface area contributed by atoms with E-state index in [-0.39, 0.29) is 11.7 Å². The Bertz CT molecular complexity index is 322. The van der Waals surface area contributed by atoms with E-state index in [9.17, 15) is 4.79 Å². The number of hydrogen-bond acceptors (Lipinski definition) is 3. The topological polar surface area (TPSA) is 75.4 Å². The summed E-state index contributed by atoms with van der Waals surface area (Å²) in [7, 11) is 0. The minimum absolute atomic E-state index is 0.148. The van der Waals surface area contributed by atoms with Crippen molar-refractivity contribution in [3.8, 4) is 5.75 Å². The lowest BCUT2D eigenvalue weighted by Gasteiger charge is -2.10. The monoisotopic (exact) mass is 208 g/mol.